The summed E-state index contributed by atoms with van der Waals surface area (Å²) in [5, 5.41) is 0. The molecule has 11 heteroatoms. The molecule has 1 aromatic heterocycles. The smallest absolute Gasteiger partial charge is 0.325 e. The number of aryl methyl sites for hydroxylation is 1. The van der Waals surface area contributed by atoms with Crippen LogP contribution in [0.25, 0.3) is 0 Å². The zero-order valence-corrected chi connectivity index (χ0v) is 14.7. The molecule has 2 aromatic rings. The number of aromatic amines is 2. The summed E-state index contributed by atoms with van der Waals surface area (Å²) in [5.41, 5.74) is -1.83. The quantitative estimate of drug-likeness (QED) is 0.659. The van der Waals surface area contributed by atoms with Crippen molar-refractivity contribution < 1.29 is 22.6 Å². The Morgan fingerprint density at radius 1 is 0.960 bits per heavy atom. The number of anilines is 1. The SMILES string of the molecule is COc1cc(NS(=O)(=O)c2c(C)[nH]c(=O)[nH]c2=O)cc(OC)c1OC. The van der Waals surface area contributed by atoms with Crippen molar-refractivity contribution in [3.8, 4) is 17.2 Å². The molecule has 0 atom stereocenters. The molecule has 0 saturated carbocycles. The van der Waals surface area contributed by atoms with Gasteiger partial charge in [0, 0.05) is 17.8 Å². The summed E-state index contributed by atoms with van der Waals surface area (Å²) in [6.45, 7) is 1.31. The van der Waals surface area contributed by atoms with E-state index in [0.29, 0.717) is 0 Å². The molecular weight excluding hydrogens is 354 g/mol. The van der Waals surface area contributed by atoms with Crippen LogP contribution < -0.4 is 30.2 Å². The Morgan fingerprint density at radius 3 is 1.96 bits per heavy atom. The fraction of sp³-hybridized carbons (Fsp3) is 0.286. The van der Waals surface area contributed by atoms with Crippen LogP contribution in [0.2, 0.25) is 0 Å². The van der Waals surface area contributed by atoms with Gasteiger partial charge in [-0.2, -0.15) is 0 Å². The first kappa shape index (κ1) is 18.4. The van der Waals surface area contributed by atoms with Crippen LogP contribution >= 0.6 is 0 Å². The first-order chi connectivity index (χ1) is 11.7. The Kier molecular flexibility index (Phi) is 5.07. The standard InChI is InChI=1S/C14H17N3O7S/c1-7-12(13(18)16-14(19)15-7)25(20,21)17-8-5-9(22-2)11(24-4)10(6-8)23-3/h5-6,17H,1-4H3,(H2,15,16,18,19). The third-order valence-corrected chi connectivity index (χ3v) is 4.79. The van der Waals surface area contributed by atoms with Crippen LogP contribution in [-0.4, -0.2) is 39.7 Å². The van der Waals surface area contributed by atoms with Gasteiger partial charge in [-0.15, -0.1) is 0 Å². The van der Waals surface area contributed by atoms with Crippen LogP contribution in [0.15, 0.2) is 26.6 Å². The van der Waals surface area contributed by atoms with Gasteiger partial charge in [-0.05, 0) is 6.92 Å². The van der Waals surface area contributed by atoms with Gasteiger partial charge in [0.25, 0.3) is 15.6 Å². The highest BCUT2D eigenvalue weighted by Gasteiger charge is 2.24. The normalized spacial score (nSPS) is 11.0. The Morgan fingerprint density at radius 2 is 1.52 bits per heavy atom. The van der Waals surface area contributed by atoms with E-state index in [1.54, 1.807) is 0 Å². The average molecular weight is 371 g/mol. The monoisotopic (exact) mass is 371 g/mol. The van der Waals surface area contributed by atoms with E-state index < -0.39 is 26.2 Å². The van der Waals surface area contributed by atoms with E-state index >= 15 is 0 Å². The lowest BCUT2D eigenvalue weighted by Crippen LogP contribution is -2.31. The van der Waals surface area contributed by atoms with Gasteiger partial charge < -0.3 is 19.2 Å². The molecule has 0 radical (unpaired) electrons. The van der Waals surface area contributed by atoms with Crippen molar-refractivity contribution in [2.75, 3.05) is 26.1 Å². The minimum atomic E-state index is -4.28. The van der Waals surface area contributed by atoms with Gasteiger partial charge in [-0.1, -0.05) is 0 Å². The zero-order valence-electron chi connectivity index (χ0n) is 13.9. The molecule has 0 saturated heterocycles. The molecule has 0 aliphatic heterocycles. The topological polar surface area (TPSA) is 140 Å². The molecule has 1 heterocycles. The highest BCUT2D eigenvalue weighted by atomic mass is 32.2. The Balaban J connectivity index is 2.56. The number of benzene rings is 1. The van der Waals surface area contributed by atoms with E-state index in [0.717, 1.165) is 0 Å². The third-order valence-electron chi connectivity index (χ3n) is 3.26. The lowest BCUT2D eigenvalue weighted by atomic mass is 10.2. The van der Waals surface area contributed by atoms with E-state index in [-0.39, 0.29) is 28.6 Å². The largest absolute Gasteiger partial charge is 0.493 e. The molecule has 0 unspecified atom stereocenters. The minimum absolute atomic E-state index is 0.0829. The molecule has 0 bridgehead atoms. The van der Waals surface area contributed by atoms with Crippen LogP contribution in [0.3, 0.4) is 0 Å². The molecule has 0 aliphatic rings. The lowest BCUT2D eigenvalue weighted by Gasteiger charge is -2.15. The molecular formula is C14H17N3O7S. The fourth-order valence-corrected chi connectivity index (χ4v) is 3.54. The van der Waals surface area contributed by atoms with Crippen molar-refractivity contribution in [1.82, 2.24) is 9.97 Å². The summed E-state index contributed by atoms with van der Waals surface area (Å²) >= 11 is 0. The number of H-pyrrole nitrogens is 2. The number of methoxy groups -OCH3 is 3. The lowest BCUT2D eigenvalue weighted by molar-refractivity contribution is 0.325. The van der Waals surface area contributed by atoms with Crippen molar-refractivity contribution in [2.24, 2.45) is 0 Å². The number of hydrogen-bond donors (Lipinski definition) is 3. The minimum Gasteiger partial charge on any atom is -0.493 e. The molecule has 10 nitrogen and oxygen atoms in total. The van der Waals surface area contributed by atoms with Gasteiger partial charge in [0.1, 0.15) is 0 Å². The van der Waals surface area contributed by atoms with Crippen LogP contribution in [0, 0.1) is 6.92 Å². The Bertz CT molecular complexity index is 983. The summed E-state index contributed by atoms with van der Waals surface area (Å²) in [5.74, 6) is 0.740. The molecule has 2 rings (SSSR count). The molecule has 0 amide bonds. The summed E-state index contributed by atoms with van der Waals surface area (Å²) in [7, 11) is -0.104. The molecule has 1 aromatic carbocycles. The number of aromatic nitrogens is 2. The van der Waals surface area contributed by atoms with E-state index in [2.05, 4.69) is 9.71 Å². The van der Waals surface area contributed by atoms with E-state index in [1.165, 1.54) is 40.4 Å². The molecule has 0 aliphatic carbocycles. The van der Waals surface area contributed by atoms with Gasteiger partial charge >= 0.3 is 5.69 Å². The van der Waals surface area contributed by atoms with Gasteiger partial charge in [-0.3, -0.25) is 14.5 Å². The first-order valence-electron chi connectivity index (χ1n) is 6.89. The van der Waals surface area contributed by atoms with E-state index in [9.17, 15) is 18.0 Å². The third kappa shape index (κ3) is 3.60. The van der Waals surface area contributed by atoms with Crippen LogP contribution in [0.5, 0.6) is 17.2 Å². The summed E-state index contributed by atoms with van der Waals surface area (Å²) < 4.78 is 42.8. The van der Waals surface area contributed by atoms with Crippen LogP contribution in [0.4, 0.5) is 5.69 Å². The maximum Gasteiger partial charge on any atom is 0.325 e. The first-order valence-corrected chi connectivity index (χ1v) is 8.37. The number of sulfonamides is 1. The highest BCUT2D eigenvalue weighted by molar-refractivity contribution is 7.92. The van der Waals surface area contributed by atoms with Gasteiger partial charge in [0.05, 0.1) is 27.0 Å². The molecule has 136 valence electrons. The van der Waals surface area contributed by atoms with Crippen molar-refractivity contribution in [2.45, 2.75) is 11.8 Å². The fourth-order valence-electron chi connectivity index (χ4n) is 2.26. The van der Waals surface area contributed by atoms with E-state index in [4.69, 9.17) is 14.2 Å². The summed E-state index contributed by atoms with van der Waals surface area (Å²) in [4.78, 5) is 26.6. The Labute approximate surface area is 142 Å². The molecule has 25 heavy (non-hydrogen) atoms. The zero-order chi connectivity index (χ0) is 18.8. The number of nitrogens with one attached hydrogen (secondary N) is 3. The van der Waals surface area contributed by atoms with Crippen molar-refractivity contribution in [3.63, 3.8) is 0 Å². The van der Waals surface area contributed by atoms with E-state index in [1.807, 2.05) is 4.98 Å². The summed E-state index contributed by atoms with van der Waals surface area (Å²) in [6, 6.07) is 2.74. The summed E-state index contributed by atoms with van der Waals surface area (Å²) in [6.07, 6.45) is 0. The van der Waals surface area contributed by atoms with Crippen LogP contribution in [-0.2, 0) is 10.0 Å². The second-order valence-corrected chi connectivity index (χ2v) is 6.50. The van der Waals surface area contributed by atoms with Crippen LogP contribution in [0.1, 0.15) is 5.69 Å². The predicted octanol–water partition coefficient (Wildman–Crippen LogP) is 0.198. The van der Waals surface area contributed by atoms with Gasteiger partial charge in [0.15, 0.2) is 16.4 Å². The van der Waals surface area contributed by atoms with Gasteiger partial charge in [0.2, 0.25) is 5.75 Å². The second kappa shape index (κ2) is 6.89. The molecule has 3 N–H and O–H groups in total. The average Bonchev–Trinajstić information content (AvgIpc) is 2.51. The number of hydrogen-bond acceptors (Lipinski definition) is 7. The van der Waals surface area contributed by atoms with Crippen molar-refractivity contribution in [3.05, 3.63) is 38.7 Å². The highest BCUT2D eigenvalue weighted by Crippen LogP contribution is 2.40. The second-order valence-electron chi connectivity index (χ2n) is 4.88. The van der Waals surface area contributed by atoms with Gasteiger partial charge in [-0.25, -0.2) is 13.2 Å². The maximum atomic E-state index is 12.5. The van der Waals surface area contributed by atoms with Crippen molar-refractivity contribution in [1.29, 1.82) is 0 Å². The predicted molar refractivity (Wildman–Crippen MR) is 89.3 cm³/mol. The number of ether oxygens (including phenoxy) is 3. The Hall–Kier alpha value is -2.95. The number of rotatable bonds is 6. The molecule has 0 fully saturated rings. The maximum absolute atomic E-state index is 12.5. The molecule has 0 spiro atoms. The van der Waals surface area contributed by atoms with Crippen molar-refractivity contribution >= 4 is 15.7 Å².